The molecule has 0 radical (unpaired) electrons. The molecule has 0 fully saturated rings. The largest absolute Gasteiger partial charge is 0.349 e. The molecule has 0 aliphatic carbocycles. The molecular formula is C18H21N5O2. The molecule has 0 aliphatic heterocycles. The highest BCUT2D eigenvalue weighted by atomic mass is 16.5. The second-order valence-electron chi connectivity index (χ2n) is 6.07. The first-order chi connectivity index (χ1) is 12.0. The lowest BCUT2D eigenvalue weighted by molar-refractivity contribution is -0.127. The summed E-state index contributed by atoms with van der Waals surface area (Å²) in [5.74, 6) is 1.05. The summed E-state index contributed by atoms with van der Waals surface area (Å²) in [7, 11) is 5.40. The molecule has 2 aromatic heterocycles. The minimum atomic E-state index is 0.0678. The molecule has 0 bridgehead atoms. The Bertz CT molecular complexity index is 877. The summed E-state index contributed by atoms with van der Waals surface area (Å²) in [6.07, 6.45) is 2.95. The first-order valence-corrected chi connectivity index (χ1v) is 8.14. The van der Waals surface area contributed by atoms with E-state index in [1.807, 2.05) is 36.0 Å². The Morgan fingerprint density at radius 3 is 2.60 bits per heavy atom. The van der Waals surface area contributed by atoms with Crippen molar-refractivity contribution in [2.75, 3.05) is 14.1 Å². The molecule has 1 aromatic carbocycles. The second-order valence-corrected chi connectivity index (χ2v) is 6.07. The van der Waals surface area contributed by atoms with E-state index < -0.39 is 0 Å². The highest BCUT2D eigenvalue weighted by Crippen LogP contribution is 2.25. The van der Waals surface area contributed by atoms with E-state index in [1.54, 1.807) is 25.2 Å². The third-order valence-corrected chi connectivity index (χ3v) is 4.12. The molecule has 3 aromatic rings. The van der Waals surface area contributed by atoms with Gasteiger partial charge in [-0.1, -0.05) is 36.3 Å². The summed E-state index contributed by atoms with van der Waals surface area (Å²) in [5, 5.41) is 8.32. The van der Waals surface area contributed by atoms with Gasteiger partial charge in [-0.05, 0) is 12.0 Å². The summed E-state index contributed by atoms with van der Waals surface area (Å²) < 4.78 is 7.23. The third-order valence-electron chi connectivity index (χ3n) is 4.12. The Labute approximate surface area is 146 Å². The van der Waals surface area contributed by atoms with E-state index in [4.69, 9.17) is 4.52 Å². The maximum atomic E-state index is 11.8. The minimum Gasteiger partial charge on any atom is -0.349 e. The first-order valence-electron chi connectivity index (χ1n) is 8.14. The number of likely N-dealkylation sites (N-methyl/N-ethyl adjacent to an activating group) is 1. The molecule has 1 amide bonds. The van der Waals surface area contributed by atoms with Crippen LogP contribution in [-0.4, -0.2) is 44.8 Å². The lowest BCUT2D eigenvalue weighted by atomic mass is 10.1. The molecule has 0 atom stereocenters. The molecule has 130 valence electrons. The number of hydrogen-bond donors (Lipinski definition) is 0. The van der Waals surface area contributed by atoms with Crippen LogP contribution < -0.4 is 0 Å². The lowest BCUT2D eigenvalue weighted by Gasteiger charge is -2.09. The van der Waals surface area contributed by atoms with Crippen molar-refractivity contribution < 1.29 is 9.32 Å². The van der Waals surface area contributed by atoms with Crippen molar-refractivity contribution in [3.63, 3.8) is 0 Å². The molecule has 0 aliphatic rings. The molecule has 0 N–H and O–H groups in total. The molecule has 7 heteroatoms. The zero-order chi connectivity index (χ0) is 18.0. The van der Waals surface area contributed by atoms with E-state index in [0.717, 1.165) is 28.8 Å². The van der Waals surface area contributed by atoms with E-state index in [1.165, 1.54) is 0 Å². The number of carbonyl (C=O) groups is 1. The van der Waals surface area contributed by atoms with Crippen LogP contribution in [-0.2, 0) is 24.7 Å². The zero-order valence-corrected chi connectivity index (χ0v) is 14.9. The van der Waals surface area contributed by atoms with E-state index in [2.05, 4.69) is 22.2 Å². The van der Waals surface area contributed by atoms with Gasteiger partial charge < -0.3 is 9.42 Å². The fourth-order valence-corrected chi connectivity index (χ4v) is 2.62. The third kappa shape index (κ3) is 3.45. The van der Waals surface area contributed by atoms with Gasteiger partial charge in [-0.2, -0.15) is 10.1 Å². The van der Waals surface area contributed by atoms with Gasteiger partial charge in [0.25, 0.3) is 5.89 Å². The molecule has 0 unspecified atom stereocenters. The van der Waals surface area contributed by atoms with Crippen molar-refractivity contribution in [3.8, 4) is 22.8 Å². The average Bonchev–Trinajstić information content (AvgIpc) is 3.21. The Balaban J connectivity index is 1.81. The Morgan fingerprint density at radius 2 is 1.96 bits per heavy atom. The maximum Gasteiger partial charge on any atom is 0.261 e. The first kappa shape index (κ1) is 16.9. The van der Waals surface area contributed by atoms with Crippen LogP contribution in [0.25, 0.3) is 22.8 Å². The standard InChI is InChI=1S/C18H21N5O2/c1-5-15-14(11-19-23(15)4)18-20-17(21-25-18)13-8-6-12(7-9-13)10-16(24)22(2)3/h6-9,11H,5,10H2,1-4H3. The predicted molar refractivity (Wildman–Crippen MR) is 93.7 cm³/mol. The summed E-state index contributed by atoms with van der Waals surface area (Å²) in [6, 6.07) is 7.62. The second kappa shape index (κ2) is 6.88. The van der Waals surface area contributed by atoms with E-state index in [9.17, 15) is 4.79 Å². The molecule has 0 spiro atoms. The van der Waals surface area contributed by atoms with Gasteiger partial charge in [0.1, 0.15) is 0 Å². The molecule has 0 saturated heterocycles. The van der Waals surface area contributed by atoms with Crippen LogP contribution in [0.3, 0.4) is 0 Å². The Morgan fingerprint density at radius 1 is 1.24 bits per heavy atom. The minimum absolute atomic E-state index is 0.0678. The number of nitrogens with zero attached hydrogens (tertiary/aromatic N) is 5. The van der Waals surface area contributed by atoms with Crippen LogP contribution in [0.1, 0.15) is 18.2 Å². The molecule has 0 saturated carbocycles. The molecule has 7 nitrogen and oxygen atoms in total. The number of benzene rings is 1. The number of rotatable bonds is 5. The van der Waals surface area contributed by atoms with Gasteiger partial charge >= 0.3 is 0 Å². The molecule has 3 rings (SSSR count). The maximum absolute atomic E-state index is 11.8. The monoisotopic (exact) mass is 339 g/mol. The van der Waals surface area contributed by atoms with Gasteiger partial charge in [0.15, 0.2) is 0 Å². The van der Waals surface area contributed by atoms with Gasteiger partial charge in [0, 0.05) is 26.7 Å². The van der Waals surface area contributed by atoms with E-state index in [-0.39, 0.29) is 5.91 Å². The van der Waals surface area contributed by atoms with Crippen molar-refractivity contribution in [1.82, 2.24) is 24.8 Å². The fourth-order valence-electron chi connectivity index (χ4n) is 2.62. The van der Waals surface area contributed by atoms with Crippen LogP contribution in [0, 0.1) is 0 Å². The van der Waals surface area contributed by atoms with Crippen LogP contribution in [0.2, 0.25) is 0 Å². The average molecular weight is 339 g/mol. The van der Waals surface area contributed by atoms with Crippen molar-refractivity contribution >= 4 is 5.91 Å². The summed E-state index contributed by atoms with van der Waals surface area (Å²) in [6.45, 7) is 2.06. The molecule has 2 heterocycles. The quantitative estimate of drug-likeness (QED) is 0.713. The van der Waals surface area contributed by atoms with Crippen LogP contribution in [0.4, 0.5) is 0 Å². The summed E-state index contributed by atoms with van der Waals surface area (Å²) in [5.41, 5.74) is 3.70. The van der Waals surface area contributed by atoms with Gasteiger partial charge in [0.05, 0.1) is 23.9 Å². The van der Waals surface area contributed by atoms with Gasteiger partial charge in [0.2, 0.25) is 11.7 Å². The number of aryl methyl sites for hydroxylation is 1. The SMILES string of the molecule is CCc1c(-c2nc(-c3ccc(CC(=O)N(C)C)cc3)no2)cnn1C. The Kier molecular flexibility index (Phi) is 4.65. The lowest BCUT2D eigenvalue weighted by Crippen LogP contribution is -2.23. The molecule has 25 heavy (non-hydrogen) atoms. The smallest absolute Gasteiger partial charge is 0.261 e. The van der Waals surface area contributed by atoms with Crippen molar-refractivity contribution in [3.05, 3.63) is 41.7 Å². The number of hydrogen-bond acceptors (Lipinski definition) is 5. The highest BCUT2D eigenvalue weighted by Gasteiger charge is 2.16. The van der Waals surface area contributed by atoms with Gasteiger partial charge in [-0.25, -0.2) is 0 Å². The van der Waals surface area contributed by atoms with E-state index >= 15 is 0 Å². The van der Waals surface area contributed by atoms with Crippen molar-refractivity contribution in [2.45, 2.75) is 19.8 Å². The van der Waals surface area contributed by atoms with Crippen LogP contribution >= 0.6 is 0 Å². The van der Waals surface area contributed by atoms with Crippen molar-refractivity contribution in [2.24, 2.45) is 7.05 Å². The highest BCUT2D eigenvalue weighted by molar-refractivity contribution is 5.78. The summed E-state index contributed by atoms with van der Waals surface area (Å²) in [4.78, 5) is 17.8. The summed E-state index contributed by atoms with van der Waals surface area (Å²) >= 11 is 0. The van der Waals surface area contributed by atoms with Gasteiger partial charge in [-0.15, -0.1) is 0 Å². The van der Waals surface area contributed by atoms with Crippen LogP contribution in [0.5, 0.6) is 0 Å². The fraction of sp³-hybridized carbons (Fsp3) is 0.333. The Hall–Kier alpha value is -2.96. The number of aromatic nitrogens is 4. The topological polar surface area (TPSA) is 77.1 Å². The van der Waals surface area contributed by atoms with Crippen LogP contribution in [0.15, 0.2) is 35.0 Å². The van der Waals surface area contributed by atoms with Crippen molar-refractivity contribution in [1.29, 1.82) is 0 Å². The number of amides is 1. The molecular weight excluding hydrogens is 318 g/mol. The zero-order valence-electron chi connectivity index (χ0n) is 14.9. The van der Waals surface area contributed by atoms with E-state index in [0.29, 0.717) is 18.1 Å². The predicted octanol–water partition coefficient (Wildman–Crippen LogP) is 2.33. The van der Waals surface area contributed by atoms with Gasteiger partial charge in [-0.3, -0.25) is 9.48 Å². The normalized spacial score (nSPS) is 10.9. The number of carbonyl (C=O) groups excluding carboxylic acids is 1.